The van der Waals surface area contributed by atoms with Crippen LogP contribution in [0.15, 0.2) is 23.8 Å². The summed E-state index contributed by atoms with van der Waals surface area (Å²) in [6.07, 6.45) is 12.7. The number of unbranched alkanes of at least 4 members (excludes halogenated alkanes) is 1. The van der Waals surface area contributed by atoms with Crippen molar-refractivity contribution < 1.29 is 15.0 Å². The number of hydrogen-bond donors (Lipinski definition) is 3. The summed E-state index contributed by atoms with van der Waals surface area (Å²) in [5.41, 5.74) is 0.634. The Labute approximate surface area is 190 Å². The first kappa shape index (κ1) is 26.1. The molecule has 2 aliphatic carbocycles. The quantitative estimate of drug-likeness (QED) is 0.339. The Bertz CT molecular complexity index is 648. The number of allylic oxidation sites excluding steroid dienone is 1. The zero-order valence-electron chi connectivity index (χ0n) is 20.7. The lowest BCUT2D eigenvalue weighted by Gasteiger charge is -2.32. The molecule has 0 spiro atoms. The van der Waals surface area contributed by atoms with Crippen molar-refractivity contribution in [2.75, 3.05) is 20.1 Å². The summed E-state index contributed by atoms with van der Waals surface area (Å²) in [5.74, 6) is 1.22. The molecule has 2 rings (SSSR count). The molecule has 0 radical (unpaired) electrons. The lowest BCUT2D eigenvalue weighted by molar-refractivity contribution is -0.133. The number of likely N-dealkylation sites (N-methyl/N-ethyl adjacent to an activating group) is 1. The molecule has 31 heavy (non-hydrogen) atoms. The second-order valence-electron chi connectivity index (χ2n) is 11.0. The number of fused-ring (bicyclic) bond motifs is 1. The molecule has 0 bridgehead atoms. The van der Waals surface area contributed by atoms with Crippen molar-refractivity contribution in [3.05, 3.63) is 23.8 Å². The van der Waals surface area contributed by atoms with Crippen LogP contribution in [0.25, 0.3) is 0 Å². The fourth-order valence-corrected chi connectivity index (χ4v) is 4.87. The number of rotatable bonds is 11. The normalized spacial score (nSPS) is 27.9. The molecule has 5 nitrogen and oxygen atoms in total. The Morgan fingerprint density at radius 2 is 2.03 bits per heavy atom. The first-order chi connectivity index (χ1) is 14.4. The monoisotopic (exact) mass is 434 g/mol. The Balaban J connectivity index is 1.77. The molecule has 1 fully saturated rings. The molecule has 5 atom stereocenters. The van der Waals surface area contributed by atoms with Gasteiger partial charge >= 0.3 is 0 Å². The van der Waals surface area contributed by atoms with Crippen LogP contribution in [0.2, 0.25) is 0 Å². The van der Waals surface area contributed by atoms with Gasteiger partial charge in [-0.1, -0.05) is 43.6 Å². The summed E-state index contributed by atoms with van der Waals surface area (Å²) >= 11 is 0. The SMILES string of the molecule is CCCC[C@](C)(O)CC=C[C@@H]1[C@H]2CC(CCNCC(=O)N(C)C(C)(C)C)=C[C@H]2C[C@H]1O. The third kappa shape index (κ3) is 7.73. The molecule has 178 valence electrons. The van der Waals surface area contributed by atoms with Crippen molar-refractivity contribution in [1.29, 1.82) is 0 Å². The van der Waals surface area contributed by atoms with Gasteiger partial charge in [0.2, 0.25) is 5.91 Å². The second kappa shape index (κ2) is 11.1. The second-order valence-corrected chi connectivity index (χ2v) is 11.0. The highest BCUT2D eigenvalue weighted by molar-refractivity contribution is 5.78. The van der Waals surface area contributed by atoms with Crippen molar-refractivity contribution in [3.63, 3.8) is 0 Å². The molecule has 1 amide bonds. The van der Waals surface area contributed by atoms with Crippen molar-refractivity contribution in [2.24, 2.45) is 17.8 Å². The van der Waals surface area contributed by atoms with E-state index in [9.17, 15) is 15.0 Å². The molecule has 0 unspecified atom stereocenters. The molecule has 0 aliphatic heterocycles. The molecule has 5 heteroatoms. The van der Waals surface area contributed by atoms with Gasteiger partial charge in [0.25, 0.3) is 0 Å². The van der Waals surface area contributed by atoms with E-state index in [2.05, 4.69) is 30.5 Å². The van der Waals surface area contributed by atoms with E-state index in [1.807, 2.05) is 34.7 Å². The van der Waals surface area contributed by atoms with Crippen molar-refractivity contribution in [3.8, 4) is 0 Å². The number of amides is 1. The predicted molar refractivity (Wildman–Crippen MR) is 128 cm³/mol. The molecular weight excluding hydrogens is 388 g/mol. The summed E-state index contributed by atoms with van der Waals surface area (Å²) in [6, 6.07) is 0. The van der Waals surface area contributed by atoms with E-state index in [0.717, 1.165) is 45.1 Å². The van der Waals surface area contributed by atoms with Gasteiger partial charge in [-0.05, 0) is 78.2 Å². The van der Waals surface area contributed by atoms with E-state index in [1.54, 1.807) is 4.90 Å². The Kier molecular flexibility index (Phi) is 9.35. The number of nitrogens with zero attached hydrogens (tertiary/aromatic N) is 1. The van der Waals surface area contributed by atoms with E-state index in [4.69, 9.17) is 0 Å². The van der Waals surface area contributed by atoms with Gasteiger partial charge in [-0.25, -0.2) is 0 Å². The third-order valence-electron chi connectivity index (χ3n) is 7.21. The van der Waals surface area contributed by atoms with E-state index in [1.165, 1.54) is 5.57 Å². The van der Waals surface area contributed by atoms with Gasteiger partial charge in [0.1, 0.15) is 0 Å². The van der Waals surface area contributed by atoms with Gasteiger partial charge in [-0.3, -0.25) is 4.79 Å². The average Bonchev–Trinajstić information content (AvgIpc) is 3.19. The summed E-state index contributed by atoms with van der Waals surface area (Å²) in [5, 5.41) is 24.3. The minimum atomic E-state index is -0.654. The van der Waals surface area contributed by atoms with Crippen molar-refractivity contribution >= 4 is 5.91 Å². The first-order valence-electron chi connectivity index (χ1n) is 12.2. The number of carbonyl (C=O) groups excluding carboxylic acids is 1. The Morgan fingerprint density at radius 1 is 1.32 bits per heavy atom. The maximum absolute atomic E-state index is 12.2. The molecule has 0 aromatic carbocycles. The molecule has 3 N–H and O–H groups in total. The molecule has 0 aromatic heterocycles. The van der Waals surface area contributed by atoms with E-state index in [-0.39, 0.29) is 23.5 Å². The highest BCUT2D eigenvalue weighted by atomic mass is 16.3. The van der Waals surface area contributed by atoms with E-state index in [0.29, 0.717) is 24.8 Å². The van der Waals surface area contributed by atoms with Gasteiger partial charge in [0.05, 0.1) is 18.2 Å². The number of aliphatic hydroxyl groups is 2. The smallest absolute Gasteiger partial charge is 0.236 e. The van der Waals surface area contributed by atoms with Crippen LogP contribution >= 0.6 is 0 Å². The van der Waals surface area contributed by atoms with E-state index >= 15 is 0 Å². The lowest BCUT2D eigenvalue weighted by atomic mass is 9.88. The minimum Gasteiger partial charge on any atom is -0.392 e. The van der Waals surface area contributed by atoms with Crippen LogP contribution < -0.4 is 5.32 Å². The predicted octanol–water partition coefficient (Wildman–Crippen LogP) is 4.05. The van der Waals surface area contributed by atoms with Gasteiger partial charge in [-0.15, -0.1) is 0 Å². The Morgan fingerprint density at radius 3 is 2.68 bits per heavy atom. The van der Waals surface area contributed by atoms with Crippen LogP contribution in [0.4, 0.5) is 0 Å². The summed E-state index contributed by atoms with van der Waals surface area (Å²) in [4.78, 5) is 14.0. The zero-order chi connectivity index (χ0) is 23.2. The highest BCUT2D eigenvalue weighted by Gasteiger charge is 2.43. The highest BCUT2D eigenvalue weighted by Crippen LogP contribution is 2.48. The van der Waals surface area contributed by atoms with Crippen LogP contribution in [0.5, 0.6) is 0 Å². The molecule has 2 aliphatic rings. The number of aliphatic hydroxyl groups excluding tert-OH is 1. The van der Waals surface area contributed by atoms with Crippen molar-refractivity contribution in [2.45, 2.75) is 96.8 Å². The molecule has 0 saturated heterocycles. The van der Waals surface area contributed by atoms with Crippen LogP contribution in [0, 0.1) is 17.8 Å². The molecular formula is C26H46N2O3. The molecule has 0 heterocycles. The topological polar surface area (TPSA) is 72.8 Å². The average molecular weight is 435 g/mol. The standard InChI is InChI=1S/C26H46N2O3/c1-7-8-12-26(5,31)13-9-10-21-22-16-19(15-20(22)17-23(21)29)11-14-27-18-24(30)28(6)25(2,3)4/h9-10,15,20-23,27,29,31H,7-8,11-14,16-18H2,1-6H3/t20-,21+,22-,23+,26-/m0/s1. The van der Waals surface area contributed by atoms with E-state index < -0.39 is 5.60 Å². The largest absolute Gasteiger partial charge is 0.392 e. The maximum atomic E-state index is 12.2. The van der Waals surface area contributed by atoms with Crippen LogP contribution in [0.3, 0.4) is 0 Å². The number of nitrogens with one attached hydrogen (secondary N) is 1. The number of hydrogen-bond acceptors (Lipinski definition) is 4. The van der Waals surface area contributed by atoms with Crippen LogP contribution in [-0.4, -0.2) is 58.4 Å². The van der Waals surface area contributed by atoms with Crippen molar-refractivity contribution in [1.82, 2.24) is 10.2 Å². The zero-order valence-corrected chi connectivity index (χ0v) is 20.7. The van der Waals surface area contributed by atoms with Crippen LogP contribution in [0.1, 0.15) is 79.6 Å². The third-order valence-corrected chi connectivity index (χ3v) is 7.21. The Hall–Kier alpha value is -1.17. The van der Waals surface area contributed by atoms with Gasteiger partial charge in [-0.2, -0.15) is 0 Å². The molecule has 1 saturated carbocycles. The summed E-state index contributed by atoms with van der Waals surface area (Å²) in [6.45, 7) is 11.3. The summed E-state index contributed by atoms with van der Waals surface area (Å²) in [7, 11) is 1.85. The first-order valence-corrected chi connectivity index (χ1v) is 12.2. The summed E-state index contributed by atoms with van der Waals surface area (Å²) < 4.78 is 0. The fraction of sp³-hybridized carbons (Fsp3) is 0.808. The minimum absolute atomic E-state index is 0.118. The molecule has 0 aromatic rings. The maximum Gasteiger partial charge on any atom is 0.236 e. The van der Waals surface area contributed by atoms with Gasteiger partial charge < -0.3 is 20.4 Å². The fourth-order valence-electron chi connectivity index (χ4n) is 4.87. The van der Waals surface area contributed by atoms with Gasteiger partial charge in [0, 0.05) is 18.5 Å². The van der Waals surface area contributed by atoms with Crippen LogP contribution in [-0.2, 0) is 4.79 Å². The number of carbonyl (C=O) groups is 1. The van der Waals surface area contributed by atoms with Gasteiger partial charge in [0.15, 0.2) is 0 Å². The lowest BCUT2D eigenvalue weighted by Crippen LogP contribution is -2.46.